The van der Waals surface area contributed by atoms with Gasteiger partial charge in [0.25, 0.3) is 5.91 Å². The summed E-state index contributed by atoms with van der Waals surface area (Å²) < 4.78 is 1.95. The van der Waals surface area contributed by atoms with E-state index >= 15 is 0 Å². The van der Waals surface area contributed by atoms with Crippen LogP contribution in [-0.2, 0) is 24.2 Å². The minimum Gasteiger partial charge on any atom is -0.370 e. The molecule has 11 N–H and O–H groups in total. The first-order valence-corrected chi connectivity index (χ1v) is 14.7. The summed E-state index contributed by atoms with van der Waals surface area (Å²) in [6.45, 7) is 1.40. The highest BCUT2D eigenvalue weighted by molar-refractivity contribution is 6.01. The third-order valence-corrected chi connectivity index (χ3v) is 7.47. The second kappa shape index (κ2) is 14.1. The molecule has 0 aliphatic carbocycles. The number of hydrogen-bond donors (Lipinski definition) is 7. The largest absolute Gasteiger partial charge is 0.370 e. The van der Waals surface area contributed by atoms with Crippen LogP contribution in [0.1, 0.15) is 28.0 Å². The van der Waals surface area contributed by atoms with Crippen molar-refractivity contribution in [2.45, 2.75) is 31.8 Å². The van der Waals surface area contributed by atoms with Crippen molar-refractivity contribution in [1.82, 2.24) is 14.9 Å². The molecule has 0 aliphatic rings. The molecule has 232 valence electrons. The summed E-state index contributed by atoms with van der Waals surface area (Å²) in [5, 5.41) is 7.93. The van der Waals surface area contributed by atoms with Gasteiger partial charge in [0, 0.05) is 59.7 Å². The summed E-state index contributed by atoms with van der Waals surface area (Å²) in [6.07, 6.45) is 3.61. The summed E-state index contributed by atoms with van der Waals surface area (Å²) in [4.78, 5) is 38.3. The van der Waals surface area contributed by atoms with Crippen LogP contribution in [0.4, 0.5) is 5.69 Å². The van der Waals surface area contributed by atoms with Crippen molar-refractivity contribution in [2.24, 2.45) is 32.9 Å². The quantitative estimate of drug-likeness (QED) is 0.0608. The standard InChI is InChI=1S/C33H38N10O2/c34-32(35)39-14-6-16-43-28-12-11-24(41-30(44)27(42-33(36)37)17-21-7-2-1-3-8-21)18-23(28)19-29(43)31(45)38-15-13-22-20-40-26-10-5-4-9-25(22)26/h1-5,7-12,18-20,27,40H,6,13-17H2,(H,38,45)(H,41,44)(H4,34,35,39)(H4,36,37,42)/t27-/m1/s1. The number of nitrogens with zero attached hydrogens (tertiary/aromatic N) is 3. The molecule has 0 spiro atoms. The molecule has 1 atom stereocenters. The van der Waals surface area contributed by atoms with Crippen molar-refractivity contribution in [3.05, 3.63) is 102 Å². The van der Waals surface area contributed by atoms with Gasteiger partial charge in [-0.25, -0.2) is 4.99 Å². The minimum absolute atomic E-state index is 0.0225. The van der Waals surface area contributed by atoms with Crippen molar-refractivity contribution in [3.63, 3.8) is 0 Å². The van der Waals surface area contributed by atoms with Gasteiger partial charge in [0.2, 0.25) is 5.91 Å². The lowest BCUT2D eigenvalue weighted by Gasteiger charge is -2.14. The molecule has 2 amide bonds. The van der Waals surface area contributed by atoms with E-state index in [1.165, 1.54) is 0 Å². The maximum Gasteiger partial charge on any atom is 0.267 e. The van der Waals surface area contributed by atoms with E-state index in [2.05, 4.69) is 31.7 Å². The number of rotatable bonds is 13. The van der Waals surface area contributed by atoms with Crippen LogP contribution in [0.15, 0.2) is 95.0 Å². The van der Waals surface area contributed by atoms with E-state index < -0.39 is 6.04 Å². The predicted octanol–water partition coefficient (Wildman–Crippen LogP) is 2.58. The summed E-state index contributed by atoms with van der Waals surface area (Å²) in [7, 11) is 0. The molecule has 12 nitrogen and oxygen atoms in total. The van der Waals surface area contributed by atoms with Gasteiger partial charge in [0.05, 0.1) is 0 Å². The molecule has 0 aliphatic heterocycles. The van der Waals surface area contributed by atoms with Crippen LogP contribution in [0.2, 0.25) is 0 Å². The lowest BCUT2D eigenvalue weighted by Crippen LogP contribution is -2.33. The number of anilines is 1. The number of aromatic amines is 1. The zero-order valence-electron chi connectivity index (χ0n) is 24.9. The maximum absolute atomic E-state index is 13.5. The highest BCUT2D eigenvalue weighted by Gasteiger charge is 2.20. The number of nitrogens with one attached hydrogen (secondary N) is 3. The molecule has 0 fully saturated rings. The molecule has 2 aromatic heterocycles. The number of carbonyl (C=O) groups is 2. The van der Waals surface area contributed by atoms with E-state index in [1.807, 2.05) is 77.5 Å². The van der Waals surface area contributed by atoms with Gasteiger partial charge in [-0.15, -0.1) is 0 Å². The number of fused-ring (bicyclic) bond motifs is 2. The van der Waals surface area contributed by atoms with Crippen LogP contribution >= 0.6 is 0 Å². The van der Waals surface area contributed by atoms with Crippen LogP contribution in [0, 0.1) is 0 Å². The number of aliphatic imine (C=N–C) groups is 2. The summed E-state index contributed by atoms with van der Waals surface area (Å²) in [5.74, 6) is -0.693. The monoisotopic (exact) mass is 606 g/mol. The van der Waals surface area contributed by atoms with Crippen LogP contribution in [0.25, 0.3) is 21.8 Å². The van der Waals surface area contributed by atoms with E-state index in [9.17, 15) is 9.59 Å². The zero-order valence-corrected chi connectivity index (χ0v) is 24.9. The predicted molar refractivity (Wildman–Crippen MR) is 180 cm³/mol. The number of para-hydroxylation sites is 1. The molecule has 0 saturated heterocycles. The molecule has 0 unspecified atom stereocenters. The molecule has 0 bridgehead atoms. The third-order valence-electron chi connectivity index (χ3n) is 7.47. The number of carbonyl (C=O) groups excluding carboxylic acids is 2. The lowest BCUT2D eigenvalue weighted by molar-refractivity contribution is -0.117. The Balaban J connectivity index is 1.34. The smallest absolute Gasteiger partial charge is 0.267 e. The molecule has 5 rings (SSSR count). The van der Waals surface area contributed by atoms with E-state index in [0.717, 1.165) is 32.9 Å². The van der Waals surface area contributed by atoms with Gasteiger partial charge in [0.15, 0.2) is 11.9 Å². The Morgan fingerprint density at radius 1 is 0.911 bits per heavy atom. The Labute approximate surface area is 260 Å². The molecular weight excluding hydrogens is 568 g/mol. The first kappa shape index (κ1) is 30.7. The fourth-order valence-corrected chi connectivity index (χ4v) is 5.39. The first-order valence-electron chi connectivity index (χ1n) is 14.7. The van der Waals surface area contributed by atoms with Crippen molar-refractivity contribution in [2.75, 3.05) is 18.4 Å². The van der Waals surface area contributed by atoms with Crippen LogP contribution in [-0.4, -0.2) is 52.4 Å². The van der Waals surface area contributed by atoms with Gasteiger partial charge in [-0.1, -0.05) is 48.5 Å². The fourth-order valence-electron chi connectivity index (χ4n) is 5.39. The van der Waals surface area contributed by atoms with Gasteiger partial charge >= 0.3 is 0 Å². The number of H-pyrrole nitrogens is 1. The van der Waals surface area contributed by atoms with E-state index in [4.69, 9.17) is 22.9 Å². The number of benzene rings is 3. The topological polar surface area (TPSA) is 208 Å². The Kier molecular flexibility index (Phi) is 9.63. The zero-order chi connectivity index (χ0) is 31.8. The fraction of sp³-hybridized carbons (Fsp3) is 0.212. The Morgan fingerprint density at radius 2 is 1.69 bits per heavy atom. The molecule has 12 heteroatoms. The average Bonchev–Trinajstić information content (AvgIpc) is 3.60. The molecule has 0 saturated carbocycles. The Morgan fingerprint density at radius 3 is 2.47 bits per heavy atom. The van der Waals surface area contributed by atoms with Crippen molar-refractivity contribution in [3.8, 4) is 0 Å². The number of guanidine groups is 2. The average molecular weight is 607 g/mol. The lowest BCUT2D eigenvalue weighted by atomic mass is 10.1. The van der Waals surface area contributed by atoms with Crippen molar-refractivity contribution >= 4 is 51.2 Å². The van der Waals surface area contributed by atoms with E-state index in [0.29, 0.717) is 50.3 Å². The second-order valence-electron chi connectivity index (χ2n) is 10.7. The summed E-state index contributed by atoms with van der Waals surface area (Å²) in [6, 6.07) is 24.1. The molecule has 0 radical (unpaired) electrons. The molecule has 2 heterocycles. The normalized spacial score (nSPS) is 11.6. The van der Waals surface area contributed by atoms with Crippen molar-refractivity contribution in [1.29, 1.82) is 0 Å². The number of hydrogen-bond acceptors (Lipinski definition) is 4. The molecule has 45 heavy (non-hydrogen) atoms. The maximum atomic E-state index is 13.5. The first-order chi connectivity index (χ1) is 21.8. The number of amides is 2. The minimum atomic E-state index is -0.813. The van der Waals surface area contributed by atoms with Gasteiger partial charge in [0.1, 0.15) is 11.7 Å². The van der Waals surface area contributed by atoms with Gasteiger partial charge < -0.3 is 43.1 Å². The molecule has 5 aromatic rings. The van der Waals surface area contributed by atoms with Crippen molar-refractivity contribution < 1.29 is 9.59 Å². The molecule has 3 aromatic carbocycles. The van der Waals surface area contributed by atoms with Gasteiger partial charge in [-0.3, -0.25) is 14.6 Å². The number of nitrogens with two attached hydrogens (primary N) is 4. The number of aromatic nitrogens is 2. The molecular formula is C33H38N10O2. The Hall–Kier alpha value is -5.78. The van der Waals surface area contributed by atoms with Gasteiger partial charge in [-0.2, -0.15) is 0 Å². The highest BCUT2D eigenvalue weighted by atomic mass is 16.2. The van der Waals surface area contributed by atoms with Crippen LogP contribution < -0.4 is 33.6 Å². The number of aryl methyl sites for hydroxylation is 1. The van der Waals surface area contributed by atoms with E-state index in [1.54, 1.807) is 6.07 Å². The summed E-state index contributed by atoms with van der Waals surface area (Å²) >= 11 is 0. The van der Waals surface area contributed by atoms with Crippen LogP contribution in [0.3, 0.4) is 0 Å². The third kappa shape index (κ3) is 7.79. The second-order valence-corrected chi connectivity index (χ2v) is 10.7. The van der Waals surface area contributed by atoms with Crippen LogP contribution in [0.5, 0.6) is 0 Å². The SMILES string of the molecule is NC(N)=NCCCn1c(C(=O)NCCc2c[nH]c3ccccc23)cc2cc(NC(=O)[C@@H](Cc3ccccc3)N=C(N)N)ccc21. The Bertz CT molecular complexity index is 1850. The summed E-state index contributed by atoms with van der Waals surface area (Å²) in [5.41, 5.74) is 27.3. The van der Waals surface area contributed by atoms with E-state index in [-0.39, 0.29) is 23.7 Å². The van der Waals surface area contributed by atoms with Gasteiger partial charge in [-0.05, 0) is 54.3 Å². The highest BCUT2D eigenvalue weighted by Crippen LogP contribution is 2.25.